The van der Waals surface area contributed by atoms with Gasteiger partial charge in [0.15, 0.2) is 11.6 Å². The second kappa shape index (κ2) is 4.58. The van der Waals surface area contributed by atoms with Gasteiger partial charge >= 0.3 is 13.2 Å². The highest BCUT2D eigenvalue weighted by Gasteiger charge is 2.57. The van der Waals surface area contributed by atoms with E-state index in [1.807, 2.05) is 0 Å². The predicted octanol–water partition coefficient (Wildman–Crippen LogP) is 1.44. The van der Waals surface area contributed by atoms with E-state index in [-0.39, 0.29) is 6.42 Å². The van der Waals surface area contributed by atoms with Crippen molar-refractivity contribution in [2.45, 2.75) is 38.8 Å². The summed E-state index contributed by atoms with van der Waals surface area (Å²) in [5, 5.41) is -1.66. The smallest absolute Gasteiger partial charge is 0.294 e. The average molecular weight is 205 g/mol. The lowest BCUT2D eigenvalue weighted by Crippen LogP contribution is -2.40. The number of rotatable bonds is 5. The molecule has 1 unspecified atom stereocenters. The van der Waals surface area contributed by atoms with Gasteiger partial charge in [-0.05, 0) is 4.57 Å². The highest BCUT2D eigenvalue weighted by atomic mass is 31.1. The molecular weight excluding hydrogens is 191 g/mol. The second-order valence-corrected chi connectivity index (χ2v) is 4.30. The molecule has 4 nitrogen and oxygen atoms in total. The van der Waals surface area contributed by atoms with Gasteiger partial charge in [-0.25, -0.2) is 0 Å². The minimum absolute atomic E-state index is 0.142. The summed E-state index contributed by atoms with van der Waals surface area (Å²) in [5.74, 6) is -1.05. The first-order valence-corrected chi connectivity index (χ1v) is 5.29. The van der Waals surface area contributed by atoms with Gasteiger partial charge < -0.3 is 0 Å². The molecule has 0 aliphatic carbocycles. The van der Waals surface area contributed by atoms with Gasteiger partial charge in [0, 0.05) is 20.3 Å². The number of ketones is 2. The van der Waals surface area contributed by atoms with Crippen molar-refractivity contribution < 1.29 is 19.0 Å². The van der Waals surface area contributed by atoms with E-state index in [9.17, 15) is 14.2 Å². The van der Waals surface area contributed by atoms with Gasteiger partial charge in [0.05, 0.1) is 0 Å². The third-order valence-corrected chi connectivity index (χ3v) is 3.61. The molecule has 0 bridgehead atoms. The van der Waals surface area contributed by atoms with Crippen molar-refractivity contribution in [3.8, 4) is 0 Å². The minimum Gasteiger partial charge on any atom is -0.294 e. The molecule has 0 heterocycles. The fourth-order valence-corrected chi connectivity index (χ4v) is 2.28. The number of Topliss-reactive ketones (excluding diaryl/α,β-unsaturated/α-hetero) is 2. The van der Waals surface area contributed by atoms with E-state index < -0.39 is 24.8 Å². The first-order chi connectivity index (χ1) is 5.89. The zero-order valence-corrected chi connectivity index (χ0v) is 8.93. The van der Waals surface area contributed by atoms with E-state index in [2.05, 4.69) is 0 Å². The van der Waals surface area contributed by atoms with Crippen LogP contribution in [0.1, 0.15) is 33.6 Å². The van der Waals surface area contributed by atoms with Gasteiger partial charge in [0.1, 0.15) is 0 Å². The Kier molecular flexibility index (Phi) is 4.37. The number of carbonyl (C=O) groups is 2. The molecule has 0 fully saturated rings. The van der Waals surface area contributed by atoms with E-state index >= 15 is 0 Å². The van der Waals surface area contributed by atoms with Crippen LogP contribution >= 0.6 is 8.03 Å². The van der Waals surface area contributed by atoms with Crippen molar-refractivity contribution >= 4 is 19.6 Å². The van der Waals surface area contributed by atoms with Crippen molar-refractivity contribution in [2.75, 3.05) is 0 Å². The first kappa shape index (κ1) is 12.4. The van der Waals surface area contributed by atoms with Crippen molar-refractivity contribution in [1.82, 2.24) is 0 Å². The molecule has 0 rings (SSSR count). The normalized spacial score (nSPS) is 12.5. The number of hydrogen-bond acceptors (Lipinski definition) is 3. The van der Waals surface area contributed by atoms with Crippen molar-refractivity contribution in [3.63, 3.8) is 0 Å². The highest BCUT2D eigenvalue weighted by Crippen LogP contribution is 2.40. The second-order valence-electron chi connectivity index (χ2n) is 3.00. The molecule has 0 aromatic heterocycles. The van der Waals surface area contributed by atoms with Gasteiger partial charge in [0.2, 0.25) is 0 Å². The minimum atomic E-state index is -2.78. The summed E-state index contributed by atoms with van der Waals surface area (Å²) in [5.41, 5.74) is 0. The van der Waals surface area contributed by atoms with E-state index in [1.54, 1.807) is 6.92 Å². The topological polar surface area (TPSA) is 71.4 Å². The molecule has 1 atom stereocenters. The van der Waals surface area contributed by atoms with Crippen LogP contribution in [0.4, 0.5) is 0 Å². The van der Waals surface area contributed by atoms with Gasteiger partial charge in [-0.1, -0.05) is 13.3 Å². The summed E-state index contributed by atoms with van der Waals surface area (Å²) in [7, 11) is -2.78. The molecule has 0 aromatic rings. The zero-order chi connectivity index (χ0) is 10.6. The fourth-order valence-electron chi connectivity index (χ4n) is 1.33. The molecule has 13 heavy (non-hydrogen) atoms. The summed E-state index contributed by atoms with van der Waals surface area (Å²) in [6, 6.07) is 0. The van der Waals surface area contributed by atoms with Crippen molar-refractivity contribution in [1.29, 1.82) is 0 Å². The Labute approximate surface area is 78.2 Å². The predicted molar refractivity (Wildman–Crippen MR) is 48.8 cm³/mol. The lowest BCUT2D eigenvalue weighted by molar-refractivity contribution is -0.129. The standard InChI is InChI=1S/C8H13O4P/c1-4-5-8(6(2)9,7(3)10)13(11)12/h4-5H2,1-3H3/p+1. The molecule has 0 radical (unpaired) electrons. The van der Waals surface area contributed by atoms with Crippen LogP contribution in [-0.2, 0) is 14.2 Å². The molecule has 0 aliphatic rings. The molecule has 0 saturated heterocycles. The maximum absolute atomic E-state index is 11.2. The SMILES string of the molecule is CCCC(C(C)=O)(C(C)=O)[P+](=O)O. The lowest BCUT2D eigenvalue weighted by atomic mass is 9.94. The summed E-state index contributed by atoms with van der Waals surface area (Å²) in [6.45, 7) is 4.13. The maximum atomic E-state index is 11.2. The van der Waals surface area contributed by atoms with Gasteiger partial charge in [-0.3, -0.25) is 9.59 Å². The first-order valence-electron chi connectivity index (χ1n) is 4.08. The molecule has 74 valence electrons. The molecule has 0 aromatic carbocycles. The molecule has 1 N–H and O–H groups in total. The summed E-state index contributed by atoms with van der Waals surface area (Å²) in [6.07, 6.45) is 0.671. The Balaban J connectivity index is 5.18. The van der Waals surface area contributed by atoms with Crippen molar-refractivity contribution in [3.05, 3.63) is 0 Å². The molecule has 0 spiro atoms. The monoisotopic (exact) mass is 205 g/mol. The zero-order valence-electron chi connectivity index (χ0n) is 8.03. The average Bonchev–Trinajstić information content (AvgIpc) is 1.97. The Morgan fingerprint density at radius 1 is 1.31 bits per heavy atom. The van der Waals surface area contributed by atoms with Crippen LogP contribution in [0, 0.1) is 0 Å². The van der Waals surface area contributed by atoms with Crippen LogP contribution in [-0.4, -0.2) is 21.6 Å². The van der Waals surface area contributed by atoms with Crippen LogP contribution in [0.3, 0.4) is 0 Å². The number of carbonyl (C=O) groups excluding carboxylic acids is 2. The van der Waals surface area contributed by atoms with Crippen LogP contribution < -0.4 is 0 Å². The Morgan fingerprint density at radius 2 is 1.69 bits per heavy atom. The number of hydrogen-bond donors (Lipinski definition) is 1. The third kappa shape index (κ3) is 2.20. The summed E-state index contributed by atoms with van der Waals surface area (Å²) >= 11 is 0. The summed E-state index contributed by atoms with van der Waals surface area (Å²) in [4.78, 5) is 31.4. The maximum Gasteiger partial charge on any atom is 0.528 e. The van der Waals surface area contributed by atoms with Crippen LogP contribution in [0.25, 0.3) is 0 Å². The molecule has 0 amide bonds. The van der Waals surface area contributed by atoms with Crippen LogP contribution in [0.2, 0.25) is 0 Å². The third-order valence-electron chi connectivity index (χ3n) is 2.10. The van der Waals surface area contributed by atoms with Gasteiger partial charge in [-0.15, -0.1) is 0 Å². The van der Waals surface area contributed by atoms with E-state index in [1.165, 1.54) is 13.8 Å². The molecule has 5 heteroatoms. The van der Waals surface area contributed by atoms with Gasteiger partial charge in [0.25, 0.3) is 0 Å². The quantitative estimate of drug-likeness (QED) is 0.544. The summed E-state index contributed by atoms with van der Waals surface area (Å²) < 4.78 is 11.0. The molecule has 0 saturated carbocycles. The molecular formula is C8H14O4P+. The van der Waals surface area contributed by atoms with E-state index in [0.29, 0.717) is 6.42 Å². The van der Waals surface area contributed by atoms with Crippen LogP contribution in [0.15, 0.2) is 0 Å². The Morgan fingerprint density at radius 3 is 1.77 bits per heavy atom. The van der Waals surface area contributed by atoms with E-state index in [0.717, 1.165) is 0 Å². The largest absolute Gasteiger partial charge is 0.528 e. The fraction of sp³-hybridized carbons (Fsp3) is 0.750. The van der Waals surface area contributed by atoms with Gasteiger partial charge in [-0.2, -0.15) is 4.89 Å². The Bertz CT molecular complexity index is 210. The Hall–Kier alpha value is -0.600. The van der Waals surface area contributed by atoms with Crippen molar-refractivity contribution in [2.24, 2.45) is 0 Å². The van der Waals surface area contributed by atoms with Crippen LogP contribution in [0.5, 0.6) is 0 Å². The lowest BCUT2D eigenvalue weighted by Gasteiger charge is -2.13. The van der Waals surface area contributed by atoms with E-state index in [4.69, 9.17) is 4.89 Å². The molecule has 0 aliphatic heterocycles. The highest BCUT2D eigenvalue weighted by molar-refractivity contribution is 7.43.